The van der Waals surface area contributed by atoms with Crippen molar-refractivity contribution in [2.75, 3.05) is 13.6 Å². The van der Waals surface area contributed by atoms with Crippen molar-refractivity contribution in [2.24, 2.45) is 0 Å². The summed E-state index contributed by atoms with van der Waals surface area (Å²) in [7, 11) is 2.07. The van der Waals surface area contributed by atoms with Gasteiger partial charge in [0.25, 0.3) is 0 Å². The van der Waals surface area contributed by atoms with Crippen molar-refractivity contribution >= 4 is 0 Å². The van der Waals surface area contributed by atoms with Crippen molar-refractivity contribution in [3.05, 3.63) is 0 Å². The molecule has 0 saturated carbocycles. The van der Waals surface area contributed by atoms with E-state index in [1.165, 1.54) is 6.42 Å². The molecule has 1 heterocycles. The maximum absolute atomic E-state index is 9.18. The van der Waals surface area contributed by atoms with Crippen molar-refractivity contribution in [3.63, 3.8) is 0 Å². The molecule has 1 unspecified atom stereocenters. The minimum Gasteiger partial charge on any atom is -0.392 e. The first kappa shape index (κ1) is 7.03. The van der Waals surface area contributed by atoms with Crippen LogP contribution in [0.15, 0.2) is 0 Å². The van der Waals surface area contributed by atoms with Gasteiger partial charge in [0.2, 0.25) is 0 Å². The van der Waals surface area contributed by atoms with Crippen molar-refractivity contribution in [1.29, 1.82) is 0 Å². The lowest BCUT2D eigenvalue weighted by atomic mass is 10.1. The molecule has 0 aliphatic carbocycles. The van der Waals surface area contributed by atoms with Gasteiger partial charge in [-0.25, -0.2) is 0 Å². The molecular formula is C7H15NO. The van der Waals surface area contributed by atoms with Crippen molar-refractivity contribution < 1.29 is 5.11 Å². The highest BCUT2D eigenvalue weighted by Crippen LogP contribution is 2.17. The van der Waals surface area contributed by atoms with Gasteiger partial charge in [-0.15, -0.1) is 0 Å². The van der Waals surface area contributed by atoms with Crippen LogP contribution in [0.5, 0.6) is 0 Å². The zero-order chi connectivity index (χ0) is 6.85. The Bertz CT molecular complexity index is 92.9. The molecule has 2 nitrogen and oxygen atoms in total. The normalized spacial score (nSPS) is 33.0. The first-order chi connectivity index (χ1) is 4.22. The first-order valence-corrected chi connectivity index (χ1v) is 3.60. The molecule has 1 aliphatic rings. The number of rotatable bonds is 1. The van der Waals surface area contributed by atoms with E-state index in [1.807, 2.05) is 6.92 Å². The molecule has 0 spiro atoms. The second-order valence-corrected chi connectivity index (χ2v) is 2.93. The molecule has 0 aromatic heterocycles. The van der Waals surface area contributed by atoms with E-state index in [0.717, 1.165) is 13.0 Å². The predicted molar refractivity (Wildman–Crippen MR) is 37.3 cm³/mol. The molecule has 1 fully saturated rings. The molecule has 54 valence electrons. The second kappa shape index (κ2) is 2.67. The number of aliphatic hydroxyl groups excluding tert-OH is 1. The van der Waals surface area contributed by atoms with Crippen LogP contribution in [-0.2, 0) is 0 Å². The first-order valence-electron chi connectivity index (χ1n) is 3.60. The summed E-state index contributed by atoms with van der Waals surface area (Å²) in [6.45, 7) is 3.02. The van der Waals surface area contributed by atoms with Crippen molar-refractivity contribution in [3.8, 4) is 0 Å². The molecule has 2 heteroatoms. The maximum atomic E-state index is 9.18. The number of likely N-dealkylation sites (tertiary alicyclic amines) is 1. The highest BCUT2D eigenvalue weighted by atomic mass is 16.3. The lowest BCUT2D eigenvalue weighted by molar-refractivity contribution is 0.101. The van der Waals surface area contributed by atoms with Crippen LogP contribution in [0, 0.1) is 0 Å². The van der Waals surface area contributed by atoms with Gasteiger partial charge in [0, 0.05) is 6.04 Å². The Labute approximate surface area is 56.5 Å². The minimum absolute atomic E-state index is 0.155. The van der Waals surface area contributed by atoms with E-state index >= 15 is 0 Å². The highest BCUT2D eigenvalue weighted by molar-refractivity contribution is 4.79. The fourth-order valence-corrected chi connectivity index (χ4v) is 1.55. The van der Waals surface area contributed by atoms with Gasteiger partial charge in [0.1, 0.15) is 0 Å². The Hall–Kier alpha value is -0.0800. The SMILES string of the molecule is C[C@H](O)C1CCCN1C. The Morgan fingerprint density at radius 2 is 2.33 bits per heavy atom. The summed E-state index contributed by atoms with van der Waals surface area (Å²) in [5.74, 6) is 0. The summed E-state index contributed by atoms with van der Waals surface area (Å²) in [5, 5.41) is 9.18. The van der Waals surface area contributed by atoms with Crippen LogP contribution in [0.2, 0.25) is 0 Å². The Balaban J connectivity index is 2.40. The standard InChI is InChI=1S/C7H15NO/c1-6(9)7-4-3-5-8(7)2/h6-7,9H,3-5H2,1-2H3/t6-,7?/m0/s1. The van der Waals surface area contributed by atoms with Crippen LogP contribution in [-0.4, -0.2) is 35.7 Å². The lowest BCUT2D eigenvalue weighted by Gasteiger charge is -2.21. The largest absolute Gasteiger partial charge is 0.392 e. The summed E-state index contributed by atoms with van der Waals surface area (Å²) < 4.78 is 0. The molecule has 0 radical (unpaired) electrons. The summed E-state index contributed by atoms with van der Waals surface area (Å²) in [4.78, 5) is 2.23. The Morgan fingerprint density at radius 1 is 1.67 bits per heavy atom. The lowest BCUT2D eigenvalue weighted by Crippen LogP contribution is -2.34. The van der Waals surface area contributed by atoms with Crippen LogP contribution in [0.4, 0.5) is 0 Å². The Kier molecular flexibility index (Phi) is 2.09. The van der Waals surface area contributed by atoms with E-state index < -0.39 is 0 Å². The molecular weight excluding hydrogens is 114 g/mol. The quantitative estimate of drug-likeness (QED) is 0.556. The molecule has 1 N–H and O–H groups in total. The van der Waals surface area contributed by atoms with E-state index in [9.17, 15) is 5.11 Å². The number of likely N-dealkylation sites (N-methyl/N-ethyl adjacent to an activating group) is 1. The molecule has 0 amide bonds. The molecule has 0 aromatic rings. The molecule has 1 rings (SSSR count). The van der Waals surface area contributed by atoms with Crippen molar-refractivity contribution in [2.45, 2.75) is 31.9 Å². The Morgan fingerprint density at radius 3 is 2.56 bits per heavy atom. The topological polar surface area (TPSA) is 23.5 Å². The summed E-state index contributed by atoms with van der Waals surface area (Å²) in [6.07, 6.45) is 2.25. The fourth-order valence-electron chi connectivity index (χ4n) is 1.55. The van der Waals surface area contributed by atoms with Gasteiger partial charge in [-0.1, -0.05) is 0 Å². The molecule has 2 atom stereocenters. The van der Waals surface area contributed by atoms with E-state index in [-0.39, 0.29) is 6.10 Å². The van der Waals surface area contributed by atoms with Crippen LogP contribution < -0.4 is 0 Å². The second-order valence-electron chi connectivity index (χ2n) is 2.93. The average molecular weight is 129 g/mol. The third-order valence-corrected chi connectivity index (χ3v) is 2.13. The number of nitrogens with zero attached hydrogens (tertiary/aromatic N) is 1. The minimum atomic E-state index is -0.155. The summed E-state index contributed by atoms with van der Waals surface area (Å²) in [5.41, 5.74) is 0. The highest BCUT2D eigenvalue weighted by Gasteiger charge is 2.24. The maximum Gasteiger partial charge on any atom is 0.0667 e. The smallest absolute Gasteiger partial charge is 0.0667 e. The van der Waals surface area contributed by atoms with Gasteiger partial charge in [0.15, 0.2) is 0 Å². The monoisotopic (exact) mass is 129 g/mol. The number of hydrogen-bond acceptors (Lipinski definition) is 2. The van der Waals surface area contributed by atoms with E-state index in [2.05, 4.69) is 11.9 Å². The average Bonchev–Trinajstić information content (AvgIpc) is 2.13. The molecule has 0 aromatic carbocycles. The third kappa shape index (κ3) is 1.43. The molecule has 1 aliphatic heterocycles. The van der Waals surface area contributed by atoms with Gasteiger partial charge in [-0.3, -0.25) is 0 Å². The summed E-state index contributed by atoms with van der Waals surface area (Å²) in [6, 6.07) is 0.421. The fraction of sp³-hybridized carbons (Fsp3) is 1.00. The van der Waals surface area contributed by atoms with Crippen LogP contribution >= 0.6 is 0 Å². The zero-order valence-corrected chi connectivity index (χ0v) is 6.17. The van der Waals surface area contributed by atoms with Crippen LogP contribution in [0.3, 0.4) is 0 Å². The van der Waals surface area contributed by atoms with E-state index in [1.54, 1.807) is 0 Å². The van der Waals surface area contributed by atoms with Gasteiger partial charge in [0.05, 0.1) is 6.10 Å². The number of aliphatic hydroxyl groups is 1. The third-order valence-electron chi connectivity index (χ3n) is 2.13. The predicted octanol–water partition coefficient (Wildman–Crippen LogP) is 0.461. The van der Waals surface area contributed by atoms with Crippen LogP contribution in [0.25, 0.3) is 0 Å². The molecule has 0 bridgehead atoms. The van der Waals surface area contributed by atoms with E-state index in [0.29, 0.717) is 6.04 Å². The van der Waals surface area contributed by atoms with Gasteiger partial charge in [-0.2, -0.15) is 0 Å². The van der Waals surface area contributed by atoms with Gasteiger partial charge >= 0.3 is 0 Å². The molecule has 1 saturated heterocycles. The van der Waals surface area contributed by atoms with Gasteiger partial charge < -0.3 is 10.0 Å². The molecule has 9 heavy (non-hydrogen) atoms. The number of hydrogen-bond donors (Lipinski definition) is 1. The van der Waals surface area contributed by atoms with Crippen molar-refractivity contribution in [1.82, 2.24) is 4.90 Å². The summed E-state index contributed by atoms with van der Waals surface area (Å²) >= 11 is 0. The zero-order valence-electron chi connectivity index (χ0n) is 6.17. The van der Waals surface area contributed by atoms with E-state index in [4.69, 9.17) is 0 Å². The van der Waals surface area contributed by atoms with Crippen LogP contribution in [0.1, 0.15) is 19.8 Å². The van der Waals surface area contributed by atoms with Gasteiger partial charge in [-0.05, 0) is 33.4 Å².